The van der Waals surface area contributed by atoms with Crippen molar-refractivity contribution in [2.75, 3.05) is 0 Å². The molecule has 0 aliphatic heterocycles. The largest absolute Gasteiger partial charge is 0.240 e. The van der Waals surface area contributed by atoms with E-state index in [0.717, 1.165) is 16.8 Å². The molecule has 1 N–H and O–H groups in total. The average molecular weight is 339 g/mol. The van der Waals surface area contributed by atoms with Crippen LogP contribution in [0.2, 0.25) is 0 Å². The quantitative estimate of drug-likeness (QED) is 0.776. The lowest BCUT2D eigenvalue weighted by atomic mass is 10.1. The number of sulfonamides is 1. The van der Waals surface area contributed by atoms with E-state index in [-0.39, 0.29) is 11.4 Å². The van der Waals surface area contributed by atoms with Gasteiger partial charge in [-0.15, -0.1) is 0 Å². The first kappa shape index (κ1) is 16.3. The molecule has 0 radical (unpaired) electrons. The maximum atomic E-state index is 12.3. The average Bonchev–Trinajstić information content (AvgIpc) is 2.61. The normalized spacial score (nSPS) is 11.4. The van der Waals surface area contributed by atoms with Gasteiger partial charge in [0.2, 0.25) is 10.0 Å². The van der Waals surface area contributed by atoms with Gasteiger partial charge in [0.25, 0.3) is 0 Å². The van der Waals surface area contributed by atoms with Gasteiger partial charge < -0.3 is 0 Å². The van der Waals surface area contributed by atoms with E-state index in [1.165, 1.54) is 6.33 Å². The number of hydrogen-bond donors (Lipinski definition) is 1. The summed E-state index contributed by atoms with van der Waals surface area (Å²) in [7, 11) is -3.56. The molecule has 0 bridgehead atoms. The number of aryl methyl sites for hydroxylation is 1. The third-order valence-corrected chi connectivity index (χ3v) is 4.99. The Morgan fingerprint density at radius 1 is 0.958 bits per heavy atom. The van der Waals surface area contributed by atoms with Crippen molar-refractivity contribution in [3.8, 4) is 11.3 Å². The summed E-state index contributed by atoms with van der Waals surface area (Å²) in [5, 5.41) is 0. The van der Waals surface area contributed by atoms with Crippen molar-refractivity contribution in [3.63, 3.8) is 0 Å². The molecule has 2 aromatic carbocycles. The first-order valence-corrected chi connectivity index (χ1v) is 8.95. The summed E-state index contributed by atoms with van der Waals surface area (Å²) in [5.41, 5.74) is 3.34. The second-order valence-corrected chi connectivity index (χ2v) is 7.17. The molecule has 122 valence electrons. The summed E-state index contributed by atoms with van der Waals surface area (Å²) < 4.78 is 27.2. The smallest absolute Gasteiger partial charge is 0.240 e. The Bertz CT molecular complexity index is 924. The molecule has 1 heterocycles. The van der Waals surface area contributed by atoms with Gasteiger partial charge in [0, 0.05) is 5.56 Å². The van der Waals surface area contributed by atoms with E-state index in [4.69, 9.17) is 0 Å². The summed E-state index contributed by atoms with van der Waals surface area (Å²) in [6.07, 6.45) is 1.44. The molecular formula is C18H17N3O2S. The minimum Gasteiger partial charge on any atom is -0.240 e. The van der Waals surface area contributed by atoms with Gasteiger partial charge >= 0.3 is 0 Å². The van der Waals surface area contributed by atoms with Crippen molar-refractivity contribution in [2.45, 2.75) is 18.4 Å². The Hall–Kier alpha value is -2.57. The number of aromatic nitrogens is 2. The van der Waals surface area contributed by atoms with Crippen molar-refractivity contribution in [1.82, 2.24) is 14.7 Å². The summed E-state index contributed by atoms with van der Waals surface area (Å²) in [4.78, 5) is 8.61. The van der Waals surface area contributed by atoms with Gasteiger partial charge in [-0.05, 0) is 25.1 Å². The standard InChI is InChI=1S/C18H17N3O2S/c1-14-7-9-17(10-8-14)24(22,23)21-12-16-11-18(20-13-19-16)15-5-3-2-4-6-15/h2-11,13,21H,12H2,1H3. The van der Waals surface area contributed by atoms with Crippen LogP contribution in [0.3, 0.4) is 0 Å². The second-order valence-electron chi connectivity index (χ2n) is 5.40. The minimum atomic E-state index is -3.56. The monoisotopic (exact) mass is 339 g/mol. The highest BCUT2D eigenvalue weighted by atomic mass is 32.2. The van der Waals surface area contributed by atoms with Crippen LogP contribution in [0.4, 0.5) is 0 Å². The minimum absolute atomic E-state index is 0.110. The van der Waals surface area contributed by atoms with Gasteiger partial charge in [0.05, 0.1) is 22.8 Å². The molecule has 0 fully saturated rings. The Balaban J connectivity index is 1.76. The molecule has 0 atom stereocenters. The molecule has 6 heteroatoms. The first-order valence-electron chi connectivity index (χ1n) is 7.47. The predicted octanol–water partition coefficient (Wildman–Crippen LogP) is 2.93. The molecule has 24 heavy (non-hydrogen) atoms. The Morgan fingerprint density at radius 3 is 2.38 bits per heavy atom. The summed E-state index contributed by atoms with van der Waals surface area (Å²) in [6.45, 7) is 2.02. The number of hydrogen-bond acceptors (Lipinski definition) is 4. The van der Waals surface area contributed by atoms with Crippen molar-refractivity contribution >= 4 is 10.0 Å². The van der Waals surface area contributed by atoms with Gasteiger partial charge in [-0.1, -0.05) is 48.0 Å². The molecule has 3 rings (SSSR count). The molecule has 1 aromatic heterocycles. The molecule has 0 aliphatic rings. The number of nitrogens with one attached hydrogen (secondary N) is 1. The van der Waals surface area contributed by atoms with E-state index >= 15 is 0 Å². The summed E-state index contributed by atoms with van der Waals surface area (Å²) >= 11 is 0. The fourth-order valence-corrected chi connectivity index (χ4v) is 3.23. The van der Waals surface area contributed by atoms with E-state index in [1.54, 1.807) is 30.3 Å². The SMILES string of the molecule is Cc1ccc(S(=O)(=O)NCc2cc(-c3ccccc3)ncn2)cc1. The van der Waals surface area contributed by atoms with Crippen LogP contribution in [-0.4, -0.2) is 18.4 Å². The van der Waals surface area contributed by atoms with Crippen LogP contribution in [-0.2, 0) is 16.6 Å². The van der Waals surface area contributed by atoms with Crippen LogP contribution >= 0.6 is 0 Å². The van der Waals surface area contributed by atoms with Crippen LogP contribution in [0.15, 0.2) is 71.9 Å². The Kier molecular flexibility index (Phi) is 4.69. The summed E-state index contributed by atoms with van der Waals surface area (Å²) in [5.74, 6) is 0. The highest BCUT2D eigenvalue weighted by Gasteiger charge is 2.13. The van der Waals surface area contributed by atoms with E-state index in [1.807, 2.05) is 37.3 Å². The van der Waals surface area contributed by atoms with Crippen molar-refractivity contribution in [3.05, 3.63) is 78.2 Å². The Labute approximate surface area is 141 Å². The molecule has 0 unspecified atom stereocenters. The van der Waals surface area contributed by atoms with E-state index in [9.17, 15) is 8.42 Å². The van der Waals surface area contributed by atoms with Crippen LogP contribution in [0, 0.1) is 6.92 Å². The second kappa shape index (κ2) is 6.90. The lowest BCUT2D eigenvalue weighted by Gasteiger charge is -2.08. The molecular weight excluding hydrogens is 322 g/mol. The Morgan fingerprint density at radius 2 is 1.67 bits per heavy atom. The zero-order valence-corrected chi connectivity index (χ0v) is 14.0. The van der Waals surface area contributed by atoms with Crippen LogP contribution in [0.1, 0.15) is 11.3 Å². The summed E-state index contributed by atoms with van der Waals surface area (Å²) in [6, 6.07) is 18.2. The molecule has 5 nitrogen and oxygen atoms in total. The highest BCUT2D eigenvalue weighted by Crippen LogP contribution is 2.16. The number of nitrogens with zero attached hydrogens (tertiary/aromatic N) is 2. The van der Waals surface area contributed by atoms with Gasteiger partial charge in [0.1, 0.15) is 6.33 Å². The topological polar surface area (TPSA) is 72.0 Å². The maximum absolute atomic E-state index is 12.3. The molecule has 0 amide bonds. The fourth-order valence-electron chi connectivity index (χ4n) is 2.23. The lowest BCUT2D eigenvalue weighted by Crippen LogP contribution is -2.23. The molecule has 0 aliphatic carbocycles. The maximum Gasteiger partial charge on any atom is 0.240 e. The number of rotatable bonds is 5. The van der Waals surface area contributed by atoms with E-state index in [2.05, 4.69) is 14.7 Å². The van der Waals surface area contributed by atoms with Crippen molar-refractivity contribution in [1.29, 1.82) is 0 Å². The van der Waals surface area contributed by atoms with Crippen LogP contribution < -0.4 is 4.72 Å². The molecule has 0 saturated carbocycles. The third-order valence-electron chi connectivity index (χ3n) is 3.57. The van der Waals surface area contributed by atoms with Gasteiger partial charge in [-0.2, -0.15) is 0 Å². The van der Waals surface area contributed by atoms with Gasteiger partial charge in [0.15, 0.2) is 0 Å². The van der Waals surface area contributed by atoms with E-state index in [0.29, 0.717) is 5.69 Å². The zero-order valence-electron chi connectivity index (χ0n) is 13.2. The first-order chi connectivity index (χ1) is 11.5. The lowest BCUT2D eigenvalue weighted by molar-refractivity contribution is 0.580. The molecule has 3 aromatic rings. The fraction of sp³-hybridized carbons (Fsp3) is 0.111. The predicted molar refractivity (Wildman–Crippen MR) is 92.7 cm³/mol. The molecule has 0 spiro atoms. The van der Waals surface area contributed by atoms with Gasteiger partial charge in [-0.3, -0.25) is 0 Å². The van der Waals surface area contributed by atoms with Gasteiger partial charge in [-0.25, -0.2) is 23.1 Å². The number of benzene rings is 2. The highest BCUT2D eigenvalue weighted by molar-refractivity contribution is 7.89. The van der Waals surface area contributed by atoms with Crippen LogP contribution in [0.25, 0.3) is 11.3 Å². The van der Waals surface area contributed by atoms with E-state index < -0.39 is 10.0 Å². The zero-order chi connectivity index (χ0) is 17.0. The van der Waals surface area contributed by atoms with Crippen molar-refractivity contribution in [2.24, 2.45) is 0 Å². The molecule has 0 saturated heterocycles. The third kappa shape index (κ3) is 3.84. The van der Waals surface area contributed by atoms with Crippen molar-refractivity contribution < 1.29 is 8.42 Å². The van der Waals surface area contributed by atoms with Crippen LogP contribution in [0.5, 0.6) is 0 Å².